The van der Waals surface area contributed by atoms with Crippen LogP contribution >= 0.6 is 0 Å². The molecule has 0 unspecified atom stereocenters. The number of hydrogen-bond donors (Lipinski definition) is 0. The highest BCUT2D eigenvalue weighted by molar-refractivity contribution is 5.13. The highest BCUT2D eigenvalue weighted by Crippen LogP contribution is 1.80. The maximum atomic E-state index is 3.44. The van der Waals surface area contributed by atoms with Crippen molar-refractivity contribution in [1.82, 2.24) is 0 Å². The van der Waals surface area contributed by atoms with Gasteiger partial charge in [-0.25, -0.2) is 0 Å². The maximum Gasteiger partial charge on any atom is -0.0245 e. The van der Waals surface area contributed by atoms with Gasteiger partial charge < -0.3 is 0 Å². The molecule has 5 heavy (non-hydrogen) atoms. The first-order valence-corrected chi connectivity index (χ1v) is 1.40. The van der Waals surface area contributed by atoms with E-state index in [4.69, 9.17) is 0 Å². The molecule has 0 heterocycles. The normalized spacial score (nSPS) is 6.60. The highest BCUT2D eigenvalue weighted by atomic mass is 13.7. The SMILES string of the molecule is [CH2]C(=C)C=C. The summed E-state index contributed by atoms with van der Waals surface area (Å²) < 4.78 is 0. The van der Waals surface area contributed by atoms with E-state index in [0.29, 0.717) is 0 Å². The molecule has 0 heteroatoms. The van der Waals surface area contributed by atoms with Gasteiger partial charge in [0.15, 0.2) is 0 Å². The standard InChI is InChI=1S/C5H7/c1-4-5(2)3/h4H,1-3H2. The fourth-order valence-corrected chi connectivity index (χ4v) is 0. The van der Waals surface area contributed by atoms with Gasteiger partial charge in [-0.3, -0.25) is 0 Å². The van der Waals surface area contributed by atoms with E-state index in [2.05, 4.69) is 20.1 Å². The van der Waals surface area contributed by atoms with Crippen LogP contribution in [0.1, 0.15) is 0 Å². The largest absolute Gasteiger partial charge is 0.0988 e. The van der Waals surface area contributed by atoms with Crippen LogP contribution in [0, 0.1) is 6.92 Å². The van der Waals surface area contributed by atoms with Gasteiger partial charge in [-0.1, -0.05) is 24.8 Å². The van der Waals surface area contributed by atoms with E-state index in [-0.39, 0.29) is 0 Å². The van der Waals surface area contributed by atoms with Gasteiger partial charge in [-0.15, -0.1) is 0 Å². The summed E-state index contributed by atoms with van der Waals surface area (Å²) in [5, 5.41) is 0. The van der Waals surface area contributed by atoms with Crippen LogP contribution in [0.3, 0.4) is 0 Å². The fourth-order valence-electron chi connectivity index (χ4n) is 0. The number of rotatable bonds is 1. The molecule has 1 radical (unpaired) electrons. The first-order chi connectivity index (χ1) is 2.27. The van der Waals surface area contributed by atoms with Crippen molar-refractivity contribution in [1.29, 1.82) is 0 Å². The van der Waals surface area contributed by atoms with Crippen LogP contribution in [0.2, 0.25) is 0 Å². The average molecular weight is 67.1 g/mol. The van der Waals surface area contributed by atoms with E-state index in [1.807, 2.05) is 0 Å². The van der Waals surface area contributed by atoms with Crippen LogP contribution in [-0.4, -0.2) is 0 Å². The van der Waals surface area contributed by atoms with Crippen molar-refractivity contribution in [3.05, 3.63) is 31.7 Å². The Labute approximate surface area is 32.8 Å². The Bertz CT molecular complexity index is 51.1. The minimum absolute atomic E-state index is 0.769. The van der Waals surface area contributed by atoms with E-state index in [1.54, 1.807) is 6.08 Å². The molecule has 0 nitrogen and oxygen atoms in total. The summed E-state index contributed by atoms with van der Waals surface area (Å²) in [6, 6.07) is 0. The Morgan fingerprint density at radius 1 is 1.60 bits per heavy atom. The maximum absolute atomic E-state index is 3.44. The average Bonchev–Trinajstić information content (AvgIpc) is 1.38. The van der Waals surface area contributed by atoms with Gasteiger partial charge in [0.05, 0.1) is 0 Å². The quantitative estimate of drug-likeness (QED) is 0.408. The molecule has 0 rings (SSSR count). The number of allylic oxidation sites excluding steroid dienone is 2. The second-order valence-corrected chi connectivity index (χ2v) is 0.862. The third-order valence-corrected chi connectivity index (χ3v) is 0.289. The van der Waals surface area contributed by atoms with Crippen molar-refractivity contribution < 1.29 is 0 Å². The van der Waals surface area contributed by atoms with Gasteiger partial charge in [-0.05, 0) is 6.92 Å². The zero-order valence-electron chi connectivity index (χ0n) is 3.20. The zero-order chi connectivity index (χ0) is 4.28. The predicted octanol–water partition coefficient (Wildman–Crippen LogP) is 1.56. The van der Waals surface area contributed by atoms with Crippen LogP contribution in [0.25, 0.3) is 0 Å². The zero-order valence-corrected chi connectivity index (χ0v) is 3.20. The predicted molar refractivity (Wildman–Crippen MR) is 24.7 cm³/mol. The second-order valence-electron chi connectivity index (χ2n) is 0.862. The Morgan fingerprint density at radius 3 is 1.80 bits per heavy atom. The topological polar surface area (TPSA) is 0 Å². The number of hydrogen-bond acceptors (Lipinski definition) is 0. The lowest BCUT2D eigenvalue weighted by Gasteiger charge is -1.71. The van der Waals surface area contributed by atoms with Gasteiger partial charge in [0.1, 0.15) is 0 Å². The molecule has 0 saturated carbocycles. The minimum atomic E-state index is 0.769. The lowest BCUT2D eigenvalue weighted by molar-refractivity contribution is 1.81. The van der Waals surface area contributed by atoms with Gasteiger partial charge in [0.2, 0.25) is 0 Å². The first kappa shape index (κ1) is 4.48. The molecule has 0 aliphatic heterocycles. The van der Waals surface area contributed by atoms with E-state index in [1.165, 1.54) is 0 Å². The lowest BCUT2D eigenvalue weighted by atomic mass is 10.4. The molecule has 0 atom stereocenters. The monoisotopic (exact) mass is 67.1 g/mol. The Morgan fingerprint density at radius 2 is 1.80 bits per heavy atom. The molecule has 0 amide bonds. The molecule has 0 fully saturated rings. The Kier molecular flexibility index (Phi) is 1.58. The third-order valence-electron chi connectivity index (χ3n) is 0.289. The molecule has 0 aliphatic rings. The molecule has 0 saturated heterocycles. The van der Waals surface area contributed by atoms with Crippen molar-refractivity contribution in [2.24, 2.45) is 0 Å². The summed E-state index contributed by atoms with van der Waals surface area (Å²) in [7, 11) is 0. The smallest absolute Gasteiger partial charge is 0.0245 e. The van der Waals surface area contributed by atoms with Crippen molar-refractivity contribution in [2.75, 3.05) is 0 Å². The van der Waals surface area contributed by atoms with Crippen LogP contribution in [0.15, 0.2) is 24.8 Å². The van der Waals surface area contributed by atoms with E-state index in [9.17, 15) is 0 Å². The molecule has 0 N–H and O–H groups in total. The summed E-state index contributed by atoms with van der Waals surface area (Å²) in [4.78, 5) is 0. The molecule has 0 spiro atoms. The Balaban J connectivity index is 3.20. The van der Waals surface area contributed by atoms with Crippen molar-refractivity contribution in [3.8, 4) is 0 Å². The van der Waals surface area contributed by atoms with Crippen molar-refractivity contribution in [2.45, 2.75) is 0 Å². The third kappa shape index (κ3) is 3.48. The van der Waals surface area contributed by atoms with Gasteiger partial charge in [-0.2, -0.15) is 0 Å². The summed E-state index contributed by atoms with van der Waals surface area (Å²) in [6.45, 7) is 10.3. The molecule has 0 bridgehead atoms. The van der Waals surface area contributed by atoms with E-state index in [0.717, 1.165) is 5.57 Å². The van der Waals surface area contributed by atoms with Crippen molar-refractivity contribution in [3.63, 3.8) is 0 Å². The van der Waals surface area contributed by atoms with E-state index < -0.39 is 0 Å². The Hall–Kier alpha value is -0.520. The molecule has 0 aliphatic carbocycles. The van der Waals surface area contributed by atoms with Gasteiger partial charge in [0, 0.05) is 0 Å². The molecular formula is C5H7. The van der Waals surface area contributed by atoms with Crippen LogP contribution in [0.4, 0.5) is 0 Å². The summed E-state index contributed by atoms with van der Waals surface area (Å²) in [5.41, 5.74) is 0.769. The molecular weight excluding hydrogens is 60.1 g/mol. The second kappa shape index (κ2) is 1.77. The highest BCUT2D eigenvalue weighted by Gasteiger charge is 1.59. The molecule has 0 aromatic rings. The van der Waals surface area contributed by atoms with Crippen LogP contribution in [-0.2, 0) is 0 Å². The summed E-state index contributed by atoms with van der Waals surface area (Å²) in [5.74, 6) is 0. The molecule has 0 aromatic heterocycles. The van der Waals surface area contributed by atoms with Gasteiger partial charge >= 0.3 is 0 Å². The summed E-state index contributed by atoms with van der Waals surface area (Å²) >= 11 is 0. The van der Waals surface area contributed by atoms with Crippen molar-refractivity contribution >= 4 is 0 Å². The fraction of sp³-hybridized carbons (Fsp3) is 0. The first-order valence-electron chi connectivity index (χ1n) is 1.40. The summed E-state index contributed by atoms with van der Waals surface area (Å²) in [6.07, 6.45) is 1.61. The van der Waals surface area contributed by atoms with Gasteiger partial charge in [0.25, 0.3) is 0 Å². The molecule has 0 aromatic carbocycles. The van der Waals surface area contributed by atoms with Crippen LogP contribution in [0.5, 0.6) is 0 Å². The molecule has 27 valence electrons. The minimum Gasteiger partial charge on any atom is -0.0988 e. The van der Waals surface area contributed by atoms with E-state index >= 15 is 0 Å². The lowest BCUT2D eigenvalue weighted by Crippen LogP contribution is -1.51. The van der Waals surface area contributed by atoms with Crippen LogP contribution < -0.4 is 0 Å².